The van der Waals surface area contributed by atoms with Gasteiger partial charge in [0.1, 0.15) is 34.0 Å². The minimum Gasteiger partial charge on any atom is -0.508 e. The Morgan fingerprint density at radius 3 is 1.50 bits per heavy atom. The summed E-state index contributed by atoms with van der Waals surface area (Å²) in [6.45, 7) is 3.20. The first kappa shape index (κ1) is 24.3. The number of fused-ring (bicyclic) bond motifs is 2. The number of nitrogens with one attached hydrogen (secondary N) is 2. The van der Waals surface area contributed by atoms with E-state index in [0.29, 0.717) is 21.9 Å². The largest absolute Gasteiger partial charge is 0.508 e. The summed E-state index contributed by atoms with van der Waals surface area (Å²) < 4.78 is 10.6. The van der Waals surface area contributed by atoms with Crippen LogP contribution in [0.1, 0.15) is 31.8 Å². The molecule has 0 aliphatic carbocycles. The van der Waals surface area contributed by atoms with Crippen LogP contribution in [0.3, 0.4) is 0 Å². The molecule has 4 N–H and O–H groups in total. The zero-order valence-electron chi connectivity index (χ0n) is 20.1. The van der Waals surface area contributed by atoms with Gasteiger partial charge in [0.2, 0.25) is 0 Å². The first-order valence-electron chi connectivity index (χ1n) is 11.4. The smallest absolute Gasteiger partial charge is 0.360 e. The second kappa shape index (κ2) is 9.25. The van der Waals surface area contributed by atoms with Gasteiger partial charge in [0.25, 0.3) is 11.8 Å². The van der Waals surface area contributed by atoms with E-state index >= 15 is 0 Å². The van der Waals surface area contributed by atoms with Gasteiger partial charge in [-0.2, -0.15) is 0 Å². The second-order valence-corrected chi connectivity index (χ2v) is 8.64. The molecule has 0 spiro atoms. The zero-order valence-corrected chi connectivity index (χ0v) is 20.1. The number of benzene rings is 3. The number of phenolic OH excluding ortho intramolecular Hbond substituents is 2. The average Bonchev–Trinajstić information content (AvgIpc) is 2.90. The molecule has 0 saturated carbocycles. The van der Waals surface area contributed by atoms with Gasteiger partial charge in [0.15, 0.2) is 0 Å². The van der Waals surface area contributed by atoms with E-state index in [-0.39, 0.29) is 45.2 Å². The molecule has 0 bridgehead atoms. The lowest BCUT2D eigenvalue weighted by Gasteiger charge is -2.09. The molecule has 0 atom stereocenters. The predicted molar refractivity (Wildman–Crippen MR) is 140 cm³/mol. The van der Waals surface area contributed by atoms with Crippen molar-refractivity contribution in [2.45, 2.75) is 13.8 Å². The summed E-state index contributed by atoms with van der Waals surface area (Å²) in [5.74, 6) is -1.38. The van der Waals surface area contributed by atoms with Crippen LogP contribution in [-0.4, -0.2) is 22.0 Å². The quantitative estimate of drug-likeness (QED) is 0.257. The number of rotatable bonds is 4. The Labute approximate surface area is 213 Å². The van der Waals surface area contributed by atoms with Crippen LogP contribution in [0.2, 0.25) is 0 Å². The molecule has 2 amide bonds. The lowest BCUT2D eigenvalue weighted by atomic mass is 10.1. The van der Waals surface area contributed by atoms with Crippen LogP contribution < -0.4 is 21.9 Å². The first-order valence-corrected chi connectivity index (χ1v) is 11.4. The van der Waals surface area contributed by atoms with Crippen LogP contribution in [0.5, 0.6) is 11.5 Å². The van der Waals surface area contributed by atoms with Gasteiger partial charge >= 0.3 is 11.3 Å². The molecule has 10 nitrogen and oxygen atoms in total. The predicted octanol–water partition coefficient (Wildman–Crippen LogP) is 4.43. The van der Waals surface area contributed by atoms with Crippen molar-refractivity contribution in [3.8, 4) is 11.5 Å². The fraction of sp³-hybridized carbons (Fsp3) is 0.0714. The Bertz CT molecular complexity index is 1770. The third kappa shape index (κ3) is 4.35. The highest BCUT2D eigenvalue weighted by molar-refractivity contribution is 6.09. The van der Waals surface area contributed by atoms with Crippen LogP contribution in [-0.2, 0) is 0 Å². The molecule has 38 heavy (non-hydrogen) atoms. The van der Waals surface area contributed by atoms with E-state index in [1.807, 2.05) is 0 Å². The Hall–Kier alpha value is -5.38. The lowest BCUT2D eigenvalue weighted by Crippen LogP contribution is -2.20. The van der Waals surface area contributed by atoms with Crippen molar-refractivity contribution >= 4 is 45.1 Å². The summed E-state index contributed by atoms with van der Waals surface area (Å²) >= 11 is 0. The zero-order chi connectivity index (χ0) is 27.1. The van der Waals surface area contributed by atoms with Crippen LogP contribution in [0.4, 0.5) is 11.4 Å². The van der Waals surface area contributed by atoms with Crippen molar-refractivity contribution < 1.29 is 28.6 Å². The number of anilines is 2. The van der Waals surface area contributed by atoms with Gasteiger partial charge in [-0.15, -0.1) is 0 Å². The van der Waals surface area contributed by atoms with Crippen molar-refractivity contribution in [1.29, 1.82) is 0 Å². The van der Waals surface area contributed by atoms with Crippen LogP contribution in [0.15, 0.2) is 79.1 Å². The van der Waals surface area contributed by atoms with E-state index in [9.17, 15) is 29.4 Å². The fourth-order valence-electron chi connectivity index (χ4n) is 3.99. The van der Waals surface area contributed by atoms with E-state index in [1.54, 1.807) is 26.0 Å². The maximum absolute atomic E-state index is 12.9. The summed E-state index contributed by atoms with van der Waals surface area (Å²) in [5.41, 5.74) is -0.482. The molecule has 0 radical (unpaired) electrons. The number of carbonyl (C=O) groups excluding carboxylic acids is 2. The summed E-state index contributed by atoms with van der Waals surface area (Å²) in [6.07, 6.45) is 0. The highest BCUT2D eigenvalue weighted by Gasteiger charge is 2.17. The third-order valence-electron chi connectivity index (χ3n) is 6.13. The molecule has 0 fully saturated rings. The van der Waals surface area contributed by atoms with Gasteiger partial charge in [-0.3, -0.25) is 9.59 Å². The summed E-state index contributed by atoms with van der Waals surface area (Å²) in [4.78, 5) is 50.6. The molecule has 5 rings (SSSR count). The second-order valence-electron chi connectivity index (χ2n) is 8.64. The number of hydrogen-bond donors (Lipinski definition) is 4. The minimum absolute atomic E-state index is 0.0246. The molecule has 0 aliphatic heterocycles. The molecule has 190 valence electrons. The Morgan fingerprint density at radius 2 is 1.08 bits per heavy atom. The summed E-state index contributed by atoms with van der Waals surface area (Å²) in [6, 6.07) is 14.6. The molecule has 0 aliphatic rings. The van der Waals surface area contributed by atoms with Gasteiger partial charge < -0.3 is 29.7 Å². The molecule has 10 heteroatoms. The molecular weight excluding hydrogens is 492 g/mol. The van der Waals surface area contributed by atoms with Crippen molar-refractivity contribution in [2.75, 3.05) is 10.6 Å². The maximum atomic E-state index is 12.9. The molecule has 0 saturated heterocycles. The van der Waals surface area contributed by atoms with Crippen LogP contribution in [0.25, 0.3) is 21.9 Å². The summed E-state index contributed by atoms with van der Waals surface area (Å²) in [7, 11) is 0. The molecular formula is C28H20N2O8. The van der Waals surface area contributed by atoms with Crippen molar-refractivity contribution in [3.05, 3.63) is 104 Å². The van der Waals surface area contributed by atoms with Gasteiger partial charge in [-0.1, -0.05) is 6.07 Å². The van der Waals surface area contributed by atoms with E-state index in [2.05, 4.69) is 10.6 Å². The number of carbonyl (C=O) groups is 2. The highest BCUT2D eigenvalue weighted by atomic mass is 16.4. The van der Waals surface area contributed by atoms with Crippen molar-refractivity contribution in [3.63, 3.8) is 0 Å². The third-order valence-corrected chi connectivity index (χ3v) is 6.13. The lowest BCUT2D eigenvalue weighted by molar-refractivity contribution is 0.102. The monoisotopic (exact) mass is 512 g/mol. The number of phenols is 2. The van der Waals surface area contributed by atoms with E-state index in [0.717, 1.165) is 0 Å². The Kier molecular flexibility index (Phi) is 5.92. The van der Waals surface area contributed by atoms with Crippen molar-refractivity contribution in [1.82, 2.24) is 0 Å². The van der Waals surface area contributed by atoms with Gasteiger partial charge in [-0.05, 0) is 68.4 Å². The number of aryl methyl sites for hydroxylation is 2. The molecule has 2 aromatic heterocycles. The SMILES string of the molecule is Cc1c(O)ccc2cc(NC(=O)c3cccc(C(=O)Nc4cc5ccc(O)c(C)c5oc4=O)c3)c(=O)oc12. The Morgan fingerprint density at radius 1 is 0.658 bits per heavy atom. The normalized spacial score (nSPS) is 11.0. The number of hydrogen-bond acceptors (Lipinski definition) is 8. The van der Waals surface area contributed by atoms with Gasteiger partial charge in [0.05, 0.1) is 0 Å². The van der Waals surface area contributed by atoms with Crippen LogP contribution in [0, 0.1) is 13.8 Å². The van der Waals surface area contributed by atoms with E-state index in [1.165, 1.54) is 48.5 Å². The highest BCUT2D eigenvalue weighted by Crippen LogP contribution is 2.28. The van der Waals surface area contributed by atoms with Gasteiger partial charge in [0, 0.05) is 33.0 Å². The molecule has 3 aromatic carbocycles. The number of amides is 2. The summed E-state index contributed by atoms with van der Waals surface area (Å²) in [5, 5.41) is 25.6. The Balaban J connectivity index is 1.39. The van der Waals surface area contributed by atoms with E-state index in [4.69, 9.17) is 8.83 Å². The van der Waals surface area contributed by atoms with Crippen molar-refractivity contribution in [2.24, 2.45) is 0 Å². The number of aromatic hydroxyl groups is 2. The minimum atomic E-state index is -0.806. The maximum Gasteiger partial charge on any atom is 0.360 e. The first-order chi connectivity index (χ1) is 18.1. The van der Waals surface area contributed by atoms with E-state index < -0.39 is 23.1 Å². The molecule has 2 heterocycles. The molecule has 0 unspecified atom stereocenters. The van der Waals surface area contributed by atoms with Gasteiger partial charge in [-0.25, -0.2) is 9.59 Å². The standard InChI is InChI=1S/C28H20N2O8/c1-13-21(31)8-6-15-11-19(27(35)37-23(13)15)29-25(33)17-4-3-5-18(10-17)26(34)30-20-12-16-7-9-22(32)14(2)24(16)38-28(20)36/h3-12,31-32H,1-2H3,(H,29,33)(H,30,34). The topological polar surface area (TPSA) is 159 Å². The molecule has 5 aromatic rings. The average molecular weight is 512 g/mol. The fourth-order valence-corrected chi connectivity index (χ4v) is 3.99. The van der Waals surface area contributed by atoms with Crippen LogP contribution >= 0.6 is 0 Å².